The minimum Gasteiger partial charge on any atom is -0.446 e. The number of halogens is 2. The first kappa shape index (κ1) is 21.4. The minimum atomic E-state index is -2.25. The van der Waals surface area contributed by atoms with Crippen LogP contribution in [0.2, 0.25) is 0 Å². The summed E-state index contributed by atoms with van der Waals surface area (Å²) in [6.07, 6.45) is 6.78. The zero-order chi connectivity index (χ0) is 19.0. The number of carbonyl (C=O) groups excluding carboxylic acids is 1. The lowest BCUT2D eigenvalue weighted by molar-refractivity contribution is 0.00129. The van der Waals surface area contributed by atoms with Gasteiger partial charge < -0.3 is 9.64 Å². The average molecular weight is 375 g/mol. The number of hydrogen-bond donors (Lipinski definition) is 0. The predicted molar refractivity (Wildman–Crippen MR) is 99.6 cm³/mol. The van der Waals surface area contributed by atoms with E-state index < -0.39 is 6.43 Å². The molecule has 1 amide bonds. The van der Waals surface area contributed by atoms with Gasteiger partial charge in [0.2, 0.25) is 0 Å². The Labute approximate surface area is 157 Å². The Morgan fingerprint density at radius 3 is 2.19 bits per heavy atom. The summed E-state index contributed by atoms with van der Waals surface area (Å²) in [5.74, 6) is 0. The van der Waals surface area contributed by atoms with Crippen LogP contribution in [-0.2, 0) is 4.74 Å². The highest BCUT2D eigenvalue weighted by molar-refractivity contribution is 5.68. The van der Waals surface area contributed by atoms with E-state index in [0.717, 1.165) is 71.1 Å². The second kappa shape index (κ2) is 10.4. The molecular weight excluding hydrogens is 338 g/mol. The molecule has 1 spiro atoms. The molecular formula is C20H36F2N2O2. The molecule has 2 aliphatic heterocycles. The average Bonchev–Trinajstić information content (AvgIpc) is 2.63. The van der Waals surface area contributed by atoms with E-state index in [0.29, 0.717) is 0 Å². The van der Waals surface area contributed by atoms with Crippen molar-refractivity contribution >= 4 is 6.09 Å². The van der Waals surface area contributed by atoms with Gasteiger partial charge in [0, 0.05) is 13.1 Å². The summed E-state index contributed by atoms with van der Waals surface area (Å²) in [6, 6.07) is 0. The molecule has 2 heterocycles. The van der Waals surface area contributed by atoms with Crippen LogP contribution >= 0.6 is 0 Å². The molecule has 1 atom stereocenters. The molecule has 26 heavy (non-hydrogen) atoms. The van der Waals surface area contributed by atoms with Crippen molar-refractivity contribution in [2.75, 3.05) is 32.7 Å². The second-order valence-electron chi connectivity index (χ2n) is 8.09. The Hall–Kier alpha value is -0.910. The van der Waals surface area contributed by atoms with Crippen molar-refractivity contribution in [3.63, 3.8) is 0 Å². The molecule has 0 aliphatic carbocycles. The number of piperidine rings is 2. The summed E-state index contributed by atoms with van der Waals surface area (Å²) in [4.78, 5) is 16.2. The Kier molecular flexibility index (Phi) is 8.58. The van der Waals surface area contributed by atoms with Gasteiger partial charge in [0.05, 0.1) is 6.54 Å². The molecule has 2 aliphatic rings. The SMILES string of the molecule is CCCCCC(CC)OC(=O)N1CCC2(CCN(CC(F)F)CC2)CC1. The molecule has 0 aromatic heterocycles. The van der Waals surface area contributed by atoms with Crippen LogP contribution in [0.25, 0.3) is 0 Å². The molecule has 2 saturated heterocycles. The van der Waals surface area contributed by atoms with Gasteiger partial charge in [-0.3, -0.25) is 4.90 Å². The van der Waals surface area contributed by atoms with E-state index in [-0.39, 0.29) is 24.2 Å². The largest absolute Gasteiger partial charge is 0.446 e. The first-order valence-corrected chi connectivity index (χ1v) is 10.4. The Morgan fingerprint density at radius 1 is 1.04 bits per heavy atom. The van der Waals surface area contributed by atoms with Gasteiger partial charge in [0.25, 0.3) is 6.43 Å². The van der Waals surface area contributed by atoms with Crippen molar-refractivity contribution in [3.8, 4) is 0 Å². The zero-order valence-electron chi connectivity index (χ0n) is 16.5. The van der Waals surface area contributed by atoms with Crippen LogP contribution in [0.4, 0.5) is 13.6 Å². The molecule has 4 nitrogen and oxygen atoms in total. The van der Waals surface area contributed by atoms with Crippen LogP contribution in [0.15, 0.2) is 0 Å². The van der Waals surface area contributed by atoms with Gasteiger partial charge in [0.1, 0.15) is 6.10 Å². The number of unbranched alkanes of at least 4 members (excludes halogenated alkanes) is 2. The van der Waals surface area contributed by atoms with Crippen LogP contribution in [0, 0.1) is 5.41 Å². The van der Waals surface area contributed by atoms with Crippen molar-refractivity contribution in [2.24, 2.45) is 5.41 Å². The molecule has 0 radical (unpaired) electrons. The van der Waals surface area contributed by atoms with Gasteiger partial charge >= 0.3 is 6.09 Å². The Bertz CT molecular complexity index is 416. The molecule has 1 unspecified atom stereocenters. The predicted octanol–water partition coefficient (Wildman–Crippen LogP) is 4.93. The number of hydrogen-bond acceptors (Lipinski definition) is 3. The quantitative estimate of drug-likeness (QED) is 0.565. The van der Waals surface area contributed by atoms with Crippen LogP contribution in [0.5, 0.6) is 0 Å². The number of amides is 1. The normalized spacial score (nSPS) is 22.0. The topological polar surface area (TPSA) is 32.8 Å². The lowest BCUT2D eigenvalue weighted by Crippen LogP contribution is -2.49. The molecule has 0 aromatic carbocycles. The zero-order valence-corrected chi connectivity index (χ0v) is 16.5. The summed E-state index contributed by atoms with van der Waals surface area (Å²) in [5.41, 5.74) is 0.237. The van der Waals surface area contributed by atoms with Gasteiger partial charge in [-0.2, -0.15) is 0 Å². The molecule has 6 heteroatoms. The molecule has 2 fully saturated rings. The third-order valence-corrected chi connectivity index (χ3v) is 6.25. The van der Waals surface area contributed by atoms with E-state index in [1.165, 1.54) is 12.8 Å². The maximum atomic E-state index is 12.5. The van der Waals surface area contributed by atoms with Gasteiger partial charge in [-0.15, -0.1) is 0 Å². The van der Waals surface area contributed by atoms with Gasteiger partial charge in [-0.1, -0.05) is 26.7 Å². The van der Waals surface area contributed by atoms with Crippen LogP contribution < -0.4 is 0 Å². The maximum Gasteiger partial charge on any atom is 0.410 e. The van der Waals surface area contributed by atoms with E-state index in [2.05, 4.69) is 13.8 Å². The lowest BCUT2D eigenvalue weighted by Gasteiger charge is -2.46. The summed E-state index contributed by atoms with van der Waals surface area (Å²) in [6.45, 7) is 7.12. The van der Waals surface area contributed by atoms with Crippen LogP contribution in [-0.4, -0.2) is 61.1 Å². The van der Waals surface area contributed by atoms with Gasteiger partial charge in [-0.05, 0) is 63.5 Å². The summed E-state index contributed by atoms with van der Waals surface area (Å²) < 4.78 is 30.8. The number of ether oxygens (including phenoxy) is 1. The first-order valence-electron chi connectivity index (χ1n) is 10.4. The summed E-state index contributed by atoms with van der Waals surface area (Å²) >= 11 is 0. The second-order valence-corrected chi connectivity index (χ2v) is 8.09. The number of rotatable bonds is 8. The highest BCUT2D eigenvalue weighted by Gasteiger charge is 2.39. The van der Waals surface area contributed by atoms with Crippen molar-refractivity contribution in [1.82, 2.24) is 9.80 Å². The van der Waals surface area contributed by atoms with E-state index in [9.17, 15) is 13.6 Å². The third kappa shape index (κ3) is 6.36. The van der Waals surface area contributed by atoms with Crippen molar-refractivity contribution in [1.29, 1.82) is 0 Å². The molecule has 0 saturated carbocycles. The Balaban J connectivity index is 1.73. The monoisotopic (exact) mass is 374 g/mol. The first-order chi connectivity index (χ1) is 12.5. The van der Waals surface area contributed by atoms with E-state index >= 15 is 0 Å². The summed E-state index contributed by atoms with van der Waals surface area (Å²) in [5, 5.41) is 0. The molecule has 0 aromatic rings. The van der Waals surface area contributed by atoms with Crippen molar-refractivity contribution < 1.29 is 18.3 Å². The third-order valence-electron chi connectivity index (χ3n) is 6.25. The fourth-order valence-corrected chi connectivity index (χ4v) is 4.25. The van der Waals surface area contributed by atoms with Crippen LogP contribution in [0.3, 0.4) is 0 Å². The van der Waals surface area contributed by atoms with Crippen molar-refractivity contribution in [2.45, 2.75) is 84.2 Å². The van der Waals surface area contributed by atoms with Crippen LogP contribution in [0.1, 0.15) is 71.6 Å². The standard InChI is InChI=1S/C20H36F2N2O2/c1-3-5-6-7-17(4-2)26-19(25)24-14-10-20(11-15-24)8-12-23(13-9-20)16-18(21)22/h17-18H,3-16H2,1-2H3. The molecule has 152 valence electrons. The lowest BCUT2D eigenvalue weighted by atomic mass is 9.71. The van der Waals surface area contributed by atoms with Gasteiger partial charge in [0.15, 0.2) is 0 Å². The summed E-state index contributed by atoms with van der Waals surface area (Å²) in [7, 11) is 0. The number of likely N-dealkylation sites (tertiary alicyclic amines) is 2. The fourth-order valence-electron chi connectivity index (χ4n) is 4.25. The maximum absolute atomic E-state index is 12.5. The molecule has 0 bridgehead atoms. The number of alkyl halides is 2. The van der Waals surface area contributed by atoms with E-state index in [1.807, 2.05) is 9.80 Å². The molecule has 0 N–H and O–H groups in total. The smallest absolute Gasteiger partial charge is 0.410 e. The minimum absolute atomic E-state index is 0.0301. The highest BCUT2D eigenvalue weighted by atomic mass is 19.3. The highest BCUT2D eigenvalue weighted by Crippen LogP contribution is 2.41. The number of carbonyl (C=O) groups is 1. The van der Waals surface area contributed by atoms with Gasteiger partial charge in [-0.25, -0.2) is 13.6 Å². The van der Waals surface area contributed by atoms with Crippen molar-refractivity contribution in [3.05, 3.63) is 0 Å². The van der Waals surface area contributed by atoms with E-state index in [1.54, 1.807) is 0 Å². The Morgan fingerprint density at radius 2 is 1.65 bits per heavy atom. The fraction of sp³-hybridized carbons (Fsp3) is 0.950. The number of nitrogens with zero attached hydrogens (tertiary/aromatic N) is 2. The molecule has 2 rings (SSSR count). The van der Waals surface area contributed by atoms with E-state index in [4.69, 9.17) is 4.74 Å².